The number of hydrogen-bond donors (Lipinski definition) is 1. The lowest BCUT2D eigenvalue weighted by atomic mass is 10.1. The molecular weight excluding hydrogens is 392 g/mol. The minimum atomic E-state index is -0.0899. The van der Waals surface area contributed by atoms with E-state index in [9.17, 15) is 9.59 Å². The van der Waals surface area contributed by atoms with Gasteiger partial charge in [0.25, 0.3) is 5.91 Å². The Morgan fingerprint density at radius 2 is 1.92 bits per heavy atom. The molecule has 2 amide bonds. The molecule has 1 N–H and O–H groups in total. The summed E-state index contributed by atoms with van der Waals surface area (Å²) < 4.78 is 0.881. The molecule has 0 saturated carbocycles. The van der Waals surface area contributed by atoms with Crippen LogP contribution in [0, 0.1) is 5.92 Å². The van der Waals surface area contributed by atoms with E-state index in [1.165, 1.54) is 0 Å². The Kier molecular flexibility index (Phi) is 4.57. The van der Waals surface area contributed by atoms with Gasteiger partial charge < -0.3 is 10.2 Å². The van der Waals surface area contributed by atoms with Crippen molar-refractivity contribution < 1.29 is 9.59 Å². The molecule has 2 aliphatic rings. The second kappa shape index (κ2) is 6.88. The molecule has 1 aliphatic carbocycles. The van der Waals surface area contributed by atoms with Gasteiger partial charge in [-0.3, -0.25) is 9.59 Å². The van der Waals surface area contributed by atoms with E-state index in [-0.39, 0.29) is 29.8 Å². The summed E-state index contributed by atoms with van der Waals surface area (Å²) in [4.78, 5) is 27.2. The van der Waals surface area contributed by atoms with Crippen molar-refractivity contribution in [2.24, 2.45) is 5.92 Å². The normalized spacial score (nSPS) is 24.6. The van der Waals surface area contributed by atoms with Crippen LogP contribution in [-0.2, 0) is 4.79 Å². The van der Waals surface area contributed by atoms with E-state index in [0.717, 1.165) is 35.0 Å². The van der Waals surface area contributed by atoms with Gasteiger partial charge in [0.1, 0.15) is 0 Å². The maximum atomic E-state index is 12.7. The van der Waals surface area contributed by atoms with Crippen molar-refractivity contribution in [3.8, 4) is 0 Å². The van der Waals surface area contributed by atoms with Gasteiger partial charge in [-0.2, -0.15) is 0 Å². The van der Waals surface area contributed by atoms with Crippen LogP contribution < -0.4 is 5.32 Å². The molecule has 1 unspecified atom stereocenters. The third-order valence-electron chi connectivity index (χ3n) is 5.47. The van der Waals surface area contributed by atoms with Crippen molar-refractivity contribution in [3.63, 3.8) is 0 Å². The average Bonchev–Trinajstić information content (AvgIpc) is 3.16. The molecule has 4 nitrogen and oxygen atoms in total. The standard InChI is InChI=1S/C21H21BrN2O2/c1-13-9-10-24(21(13)26)19-12-18(16-7-2-3-8-17(16)19)23-20(25)14-5-4-6-15(22)11-14/h2-8,11,13,18-19H,9-10,12H2,1H3,(H,23,25)/t13?,18-,19-/m1/s1. The number of fused-ring (bicyclic) bond motifs is 1. The summed E-state index contributed by atoms with van der Waals surface area (Å²) in [6.45, 7) is 2.79. The molecule has 0 aromatic heterocycles. The van der Waals surface area contributed by atoms with Crippen molar-refractivity contribution in [1.29, 1.82) is 0 Å². The number of carbonyl (C=O) groups is 2. The van der Waals surface area contributed by atoms with Crippen LogP contribution in [0.2, 0.25) is 0 Å². The molecule has 5 heteroatoms. The van der Waals surface area contributed by atoms with Crippen LogP contribution in [0.4, 0.5) is 0 Å². The molecule has 26 heavy (non-hydrogen) atoms. The first kappa shape index (κ1) is 17.3. The van der Waals surface area contributed by atoms with Crippen molar-refractivity contribution in [1.82, 2.24) is 10.2 Å². The van der Waals surface area contributed by atoms with Crippen LogP contribution in [0.25, 0.3) is 0 Å². The van der Waals surface area contributed by atoms with E-state index in [2.05, 4.69) is 33.4 Å². The van der Waals surface area contributed by atoms with Crippen LogP contribution in [0.5, 0.6) is 0 Å². The fourth-order valence-electron chi connectivity index (χ4n) is 4.07. The molecule has 3 atom stereocenters. The number of likely N-dealkylation sites (tertiary alicyclic amines) is 1. The Morgan fingerprint density at radius 1 is 1.15 bits per heavy atom. The lowest BCUT2D eigenvalue weighted by molar-refractivity contribution is -0.132. The summed E-state index contributed by atoms with van der Waals surface area (Å²) in [7, 11) is 0. The number of carbonyl (C=O) groups excluding carboxylic acids is 2. The highest BCUT2D eigenvalue weighted by Gasteiger charge is 2.40. The van der Waals surface area contributed by atoms with Crippen molar-refractivity contribution in [2.75, 3.05) is 6.54 Å². The number of benzene rings is 2. The Hall–Kier alpha value is -2.14. The van der Waals surface area contributed by atoms with Crippen LogP contribution in [-0.4, -0.2) is 23.3 Å². The molecule has 1 aliphatic heterocycles. The average molecular weight is 413 g/mol. The summed E-state index contributed by atoms with van der Waals surface area (Å²) in [5, 5.41) is 3.16. The smallest absolute Gasteiger partial charge is 0.251 e. The van der Waals surface area contributed by atoms with E-state index >= 15 is 0 Å². The number of hydrogen-bond acceptors (Lipinski definition) is 2. The maximum absolute atomic E-state index is 12.7. The lowest BCUT2D eigenvalue weighted by Gasteiger charge is -2.25. The van der Waals surface area contributed by atoms with Crippen LogP contribution in [0.3, 0.4) is 0 Å². The minimum Gasteiger partial charge on any atom is -0.345 e. The number of halogens is 1. The van der Waals surface area contributed by atoms with Gasteiger partial charge in [-0.25, -0.2) is 0 Å². The Balaban J connectivity index is 1.58. The highest BCUT2D eigenvalue weighted by molar-refractivity contribution is 9.10. The maximum Gasteiger partial charge on any atom is 0.251 e. The van der Waals surface area contributed by atoms with E-state index in [0.29, 0.717) is 5.56 Å². The molecule has 0 radical (unpaired) electrons. The van der Waals surface area contributed by atoms with Crippen molar-refractivity contribution in [2.45, 2.75) is 31.8 Å². The van der Waals surface area contributed by atoms with E-state index in [4.69, 9.17) is 0 Å². The third-order valence-corrected chi connectivity index (χ3v) is 5.96. The highest BCUT2D eigenvalue weighted by Crippen LogP contribution is 2.44. The molecule has 0 spiro atoms. The van der Waals surface area contributed by atoms with Gasteiger partial charge in [0.05, 0.1) is 12.1 Å². The fourth-order valence-corrected chi connectivity index (χ4v) is 4.47. The summed E-state index contributed by atoms with van der Waals surface area (Å²) in [5.74, 6) is 0.231. The van der Waals surface area contributed by atoms with Gasteiger partial charge >= 0.3 is 0 Å². The number of rotatable bonds is 3. The fraction of sp³-hybridized carbons (Fsp3) is 0.333. The van der Waals surface area contributed by atoms with E-state index in [1.807, 2.05) is 48.2 Å². The first-order valence-corrected chi connectivity index (χ1v) is 9.79. The predicted octanol–water partition coefficient (Wildman–Crippen LogP) is 4.23. The van der Waals surface area contributed by atoms with Crippen molar-refractivity contribution in [3.05, 3.63) is 69.7 Å². The van der Waals surface area contributed by atoms with Crippen LogP contribution in [0.1, 0.15) is 53.3 Å². The lowest BCUT2D eigenvalue weighted by Crippen LogP contribution is -2.32. The zero-order valence-corrected chi connectivity index (χ0v) is 16.2. The molecule has 1 saturated heterocycles. The molecule has 0 bridgehead atoms. The number of nitrogens with one attached hydrogen (secondary N) is 1. The topological polar surface area (TPSA) is 49.4 Å². The SMILES string of the molecule is CC1CCN([C@@H]2C[C@@H](NC(=O)c3cccc(Br)c3)c3ccccc32)C1=O. The van der Waals surface area contributed by atoms with Gasteiger partial charge in [0, 0.05) is 22.5 Å². The Bertz CT molecular complexity index is 867. The number of amides is 2. The minimum absolute atomic E-state index is 0.0523. The summed E-state index contributed by atoms with van der Waals surface area (Å²) in [5.41, 5.74) is 2.91. The summed E-state index contributed by atoms with van der Waals surface area (Å²) >= 11 is 3.41. The highest BCUT2D eigenvalue weighted by atomic mass is 79.9. The Labute approximate surface area is 161 Å². The molecule has 134 valence electrons. The van der Waals surface area contributed by atoms with Gasteiger partial charge in [-0.05, 0) is 42.2 Å². The summed E-state index contributed by atoms with van der Waals surface area (Å²) in [6.07, 6.45) is 1.64. The van der Waals surface area contributed by atoms with E-state index < -0.39 is 0 Å². The number of nitrogens with zero attached hydrogens (tertiary/aromatic N) is 1. The zero-order chi connectivity index (χ0) is 18.3. The van der Waals surface area contributed by atoms with Gasteiger partial charge in [-0.1, -0.05) is 53.2 Å². The predicted molar refractivity (Wildman–Crippen MR) is 104 cm³/mol. The van der Waals surface area contributed by atoms with Crippen LogP contribution >= 0.6 is 15.9 Å². The van der Waals surface area contributed by atoms with Gasteiger partial charge in [0.2, 0.25) is 5.91 Å². The monoisotopic (exact) mass is 412 g/mol. The molecular formula is C21H21BrN2O2. The zero-order valence-electron chi connectivity index (χ0n) is 14.6. The van der Waals surface area contributed by atoms with Crippen LogP contribution in [0.15, 0.2) is 53.0 Å². The molecule has 2 aromatic rings. The molecule has 2 aromatic carbocycles. The quantitative estimate of drug-likeness (QED) is 0.819. The van der Waals surface area contributed by atoms with Gasteiger partial charge in [0.15, 0.2) is 0 Å². The summed E-state index contributed by atoms with van der Waals surface area (Å²) in [6, 6.07) is 15.5. The first-order valence-electron chi connectivity index (χ1n) is 9.00. The van der Waals surface area contributed by atoms with E-state index in [1.54, 1.807) is 0 Å². The molecule has 1 heterocycles. The second-order valence-electron chi connectivity index (χ2n) is 7.14. The first-order chi connectivity index (χ1) is 12.5. The van der Waals surface area contributed by atoms with Crippen molar-refractivity contribution >= 4 is 27.7 Å². The largest absolute Gasteiger partial charge is 0.345 e. The molecule has 1 fully saturated rings. The Morgan fingerprint density at radius 3 is 2.62 bits per heavy atom. The molecule has 4 rings (SSSR count). The third kappa shape index (κ3) is 3.05. The second-order valence-corrected chi connectivity index (χ2v) is 8.05. The van der Waals surface area contributed by atoms with Gasteiger partial charge in [-0.15, -0.1) is 0 Å².